The number of amides is 1. The highest BCUT2D eigenvalue weighted by molar-refractivity contribution is 5.80. The Labute approximate surface area is 280 Å². The maximum Gasteiger partial charge on any atom is 0.225 e. The van der Waals surface area contributed by atoms with Crippen molar-refractivity contribution in [3.8, 4) is 5.75 Å². The molecule has 1 aromatic heterocycles. The number of carbonyl (C=O) groups excluding carboxylic acids is 1. The fraction of sp³-hybridized carbons (Fsp3) is 0.730. The van der Waals surface area contributed by atoms with Crippen molar-refractivity contribution in [2.45, 2.75) is 127 Å². The highest BCUT2D eigenvalue weighted by Gasteiger charge is 2.46. The third kappa shape index (κ3) is 9.79. The summed E-state index contributed by atoms with van der Waals surface area (Å²) in [6.07, 6.45) is 18.5. The Kier molecular flexibility index (Phi) is 12.6. The minimum absolute atomic E-state index is 0.103. The number of aliphatic hydroxyl groups excluding tert-OH is 1. The number of benzene rings is 1. The Morgan fingerprint density at radius 3 is 2.57 bits per heavy atom. The lowest BCUT2D eigenvalue weighted by atomic mass is 9.70. The molecule has 6 rings (SSSR count). The third-order valence-corrected chi connectivity index (χ3v) is 11.0. The number of ether oxygens (including phenoxy) is 2. The van der Waals surface area contributed by atoms with Crippen molar-refractivity contribution in [2.24, 2.45) is 5.92 Å². The molecule has 2 saturated heterocycles. The van der Waals surface area contributed by atoms with Crippen LogP contribution in [0.15, 0.2) is 35.2 Å². The largest absolute Gasteiger partial charge is 0.486 e. The van der Waals surface area contributed by atoms with Crippen LogP contribution in [0.3, 0.4) is 0 Å². The van der Waals surface area contributed by atoms with Gasteiger partial charge in [0, 0.05) is 63.6 Å². The van der Waals surface area contributed by atoms with Gasteiger partial charge in [0.25, 0.3) is 0 Å². The number of aliphatic hydroxyl groups is 1. The van der Waals surface area contributed by atoms with E-state index in [-0.39, 0.29) is 30.0 Å². The summed E-state index contributed by atoms with van der Waals surface area (Å²) in [4.78, 5) is 20.3. The molecule has 4 aliphatic rings. The van der Waals surface area contributed by atoms with E-state index >= 15 is 0 Å². The second-order valence-electron chi connectivity index (χ2n) is 14.5. The molecule has 3 aliphatic heterocycles. The summed E-state index contributed by atoms with van der Waals surface area (Å²) in [6, 6.07) is 6.94. The number of oxazole rings is 1. The molecule has 1 aromatic carbocycles. The Morgan fingerprint density at radius 2 is 1.83 bits per heavy atom. The van der Waals surface area contributed by atoms with Crippen LogP contribution in [0.25, 0.3) is 0 Å². The number of fused-ring (bicyclic) bond motifs is 1. The molecule has 47 heavy (non-hydrogen) atoms. The van der Waals surface area contributed by atoms with E-state index in [1.54, 1.807) is 6.20 Å². The van der Waals surface area contributed by atoms with Gasteiger partial charge in [0.2, 0.25) is 5.91 Å². The Hall–Kier alpha value is -2.50. The van der Waals surface area contributed by atoms with Crippen molar-refractivity contribution in [3.05, 3.63) is 47.7 Å². The van der Waals surface area contributed by atoms with Crippen LogP contribution in [-0.2, 0) is 29.1 Å². The van der Waals surface area contributed by atoms with Crippen molar-refractivity contribution in [2.75, 3.05) is 39.4 Å². The molecular formula is C37H57N5O5. The first-order valence-electron chi connectivity index (χ1n) is 18.5. The summed E-state index contributed by atoms with van der Waals surface area (Å²) in [5, 5.41) is 22.2. The predicted molar refractivity (Wildman–Crippen MR) is 181 cm³/mol. The summed E-state index contributed by atoms with van der Waals surface area (Å²) in [5.74, 6) is 1.51. The predicted octanol–water partition coefficient (Wildman–Crippen LogP) is 4.49. The molecule has 0 radical (unpaired) electrons. The summed E-state index contributed by atoms with van der Waals surface area (Å²) < 4.78 is 16.7. The lowest BCUT2D eigenvalue weighted by molar-refractivity contribution is -0.130. The van der Waals surface area contributed by atoms with E-state index in [9.17, 15) is 9.90 Å². The number of carbonyl (C=O) groups is 1. The van der Waals surface area contributed by atoms with Crippen molar-refractivity contribution in [1.29, 1.82) is 0 Å². The second-order valence-corrected chi connectivity index (χ2v) is 14.5. The van der Waals surface area contributed by atoms with Crippen LogP contribution in [0.1, 0.15) is 100 Å². The van der Waals surface area contributed by atoms with E-state index in [0.29, 0.717) is 25.0 Å². The molecule has 1 saturated carbocycles. The number of aromatic nitrogens is 1. The van der Waals surface area contributed by atoms with E-state index in [1.807, 2.05) is 6.07 Å². The highest BCUT2D eigenvalue weighted by atomic mass is 16.5. The van der Waals surface area contributed by atoms with Crippen molar-refractivity contribution in [1.82, 2.24) is 25.8 Å². The zero-order valence-corrected chi connectivity index (χ0v) is 28.2. The third-order valence-electron chi connectivity index (χ3n) is 11.0. The lowest BCUT2D eigenvalue weighted by Crippen LogP contribution is -2.65. The quantitative estimate of drug-likeness (QED) is 0.295. The van der Waals surface area contributed by atoms with Crippen LogP contribution in [0.2, 0.25) is 0 Å². The maximum atomic E-state index is 14.1. The molecule has 10 heteroatoms. The molecule has 1 amide bonds. The molecule has 2 unspecified atom stereocenters. The van der Waals surface area contributed by atoms with E-state index in [0.717, 1.165) is 77.1 Å². The first-order valence-corrected chi connectivity index (χ1v) is 18.5. The molecule has 2 aromatic rings. The number of piperidine rings is 1. The van der Waals surface area contributed by atoms with Gasteiger partial charge in [-0.25, -0.2) is 4.98 Å². The van der Waals surface area contributed by atoms with Gasteiger partial charge < -0.3 is 34.9 Å². The minimum Gasteiger partial charge on any atom is -0.486 e. The van der Waals surface area contributed by atoms with Gasteiger partial charge in [-0.05, 0) is 61.8 Å². The molecular weight excluding hydrogens is 594 g/mol. The van der Waals surface area contributed by atoms with E-state index in [2.05, 4.69) is 38.0 Å². The lowest BCUT2D eigenvalue weighted by Gasteiger charge is -2.48. The SMILES string of the molecule is O=C(NC[C@H](O)CN1CCc2cc(OCc3cnco3)ccc2C1)C1CC(NC2CCOCC2)CNC12CCCCCCCCCC2. The summed E-state index contributed by atoms with van der Waals surface area (Å²) in [5.41, 5.74) is 2.37. The number of nitrogens with one attached hydrogen (secondary N) is 3. The van der Waals surface area contributed by atoms with Crippen LogP contribution in [0.4, 0.5) is 0 Å². The van der Waals surface area contributed by atoms with Gasteiger partial charge in [-0.15, -0.1) is 0 Å². The smallest absolute Gasteiger partial charge is 0.225 e. The summed E-state index contributed by atoms with van der Waals surface area (Å²) in [7, 11) is 0. The first kappa shape index (κ1) is 34.4. The summed E-state index contributed by atoms with van der Waals surface area (Å²) in [6.45, 7) is 5.34. The van der Waals surface area contributed by atoms with E-state index in [4.69, 9.17) is 13.9 Å². The van der Waals surface area contributed by atoms with Crippen molar-refractivity contribution < 1.29 is 23.8 Å². The monoisotopic (exact) mass is 651 g/mol. The van der Waals surface area contributed by atoms with Crippen molar-refractivity contribution in [3.63, 3.8) is 0 Å². The number of rotatable bonds is 10. The van der Waals surface area contributed by atoms with Crippen LogP contribution in [0.5, 0.6) is 5.75 Å². The highest BCUT2D eigenvalue weighted by Crippen LogP contribution is 2.37. The fourth-order valence-corrected chi connectivity index (χ4v) is 8.32. The van der Waals surface area contributed by atoms with Crippen molar-refractivity contribution >= 4 is 5.91 Å². The zero-order chi connectivity index (χ0) is 32.3. The number of β-amino-alcohol motifs (C(OH)–C–C–N with tert-alkyl or cyclic N) is 1. The van der Waals surface area contributed by atoms with E-state index in [1.165, 1.54) is 68.9 Å². The molecule has 3 atom stereocenters. The Bertz CT molecular complexity index is 1220. The van der Waals surface area contributed by atoms with Gasteiger partial charge in [-0.2, -0.15) is 0 Å². The topological polar surface area (TPSA) is 121 Å². The number of nitrogens with zero attached hydrogens (tertiary/aromatic N) is 2. The Balaban J connectivity index is 1.03. The molecule has 0 bridgehead atoms. The number of hydrogen-bond acceptors (Lipinski definition) is 9. The fourth-order valence-electron chi connectivity index (χ4n) is 8.32. The molecule has 260 valence electrons. The van der Waals surface area contributed by atoms with Gasteiger partial charge in [0.05, 0.1) is 18.2 Å². The first-order chi connectivity index (χ1) is 23.1. The molecule has 10 nitrogen and oxygen atoms in total. The van der Waals surface area contributed by atoms with Gasteiger partial charge >= 0.3 is 0 Å². The van der Waals surface area contributed by atoms with Gasteiger partial charge in [0.15, 0.2) is 12.2 Å². The molecule has 4 N–H and O–H groups in total. The van der Waals surface area contributed by atoms with Crippen LogP contribution >= 0.6 is 0 Å². The van der Waals surface area contributed by atoms with Gasteiger partial charge in [-0.3, -0.25) is 9.69 Å². The summed E-state index contributed by atoms with van der Waals surface area (Å²) >= 11 is 0. The zero-order valence-electron chi connectivity index (χ0n) is 28.2. The number of hydrogen-bond donors (Lipinski definition) is 4. The average molecular weight is 652 g/mol. The van der Waals surface area contributed by atoms with Crippen LogP contribution in [0, 0.1) is 5.92 Å². The van der Waals surface area contributed by atoms with Crippen LogP contribution < -0.4 is 20.7 Å². The van der Waals surface area contributed by atoms with Gasteiger partial charge in [0.1, 0.15) is 12.4 Å². The molecule has 4 heterocycles. The van der Waals surface area contributed by atoms with Crippen LogP contribution in [-0.4, -0.2) is 84.0 Å². The van der Waals surface area contributed by atoms with E-state index < -0.39 is 6.10 Å². The van der Waals surface area contributed by atoms with Gasteiger partial charge in [-0.1, -0.05) is 57.4 Å². The normalized spacial score (nSPS) is 25.4. The Morgan fingerprint density at radius 1 is 1.06 bits per heavy atom. The standard InChI is InChI=1S/C37H57N5O5/c43-32(25-42-16-11-28-19-33(10-9-29(28)24-42)46-26-34-23-38-27-47-34)22-39-36(44)35-20-31(41-30-12-17-45-18-13-30)21-40-37(35)14-7-5-3-1-2-4-6-8-15-37/h9-10,19,23,27,30-32,35,40-41,43H,1-8,11-18,20-22,24-26H2,(H,39,44)/t31?,32-,35?/m0/s1. The molecule has 1 spiro atoms. The average Bonchev–Trinajstić information content (AvgIpc) is 3.60. The minimum atomic E-state index is -0.624. The second kappa shape index (κ2) is 17.2. The molecule has 3 fully saturated rings. The maximum absolute atomic E-state index is 14.1. The molecule has 1 aliphatic carbocycles.